The van der Waals surface area contributed by atoms with Crippen molar-refractivity contribution in [3.8, 4) is 11.6 Å². The second kappa shape index (κ2) is 9.57. The van der Waals surface area contributed by atoms with Crippen LogP contribution in [0.2, 0.25) is 0 Å². The molecule has 4 heterocycles. The predicted molar refractivity (Wildman–Crippen MR) is 130 cm³/mol. The highest BCUT2D eigenvalue weighted by atomic mass is 19.4. The van der Waals surface area contributed by atoms with E-state index in [1.807, 2.05) is 0 Å². The smallest absolute Gasteiger partial charge is 0.454 e. The lowest BCUT2D eigenvalue weighted by atomic mass is 10.1. The van der Waals surface area contributed by atoms with Gasteiger partial charge in [-0.25, -0.2) is 14.1 Å². The number of nitrogens with one attached hydrogen (secondary N) is 1. The van der Waals surface area contributed by atoms with Crippen molar-refractivity contribution in [2.75, 3.05) is 19.0 Å². The molecule has 9 nitrogen and oxygen atoms in total. The van der Waals surface area contributed by atoms with E-state index in [1.54, 1.807) is 24.5 Å². The number of rotatable bonds is 7. The topological polar surface area (TPSA) is 104 Å². The number of hydrogen-bond acceptors (Lipinski definition) is 7. The molecule has 194 valence electrons. The highest BCUT2D eigenvalue weighted by molar-refractivity contribution is 6.11. The van der Waals surface area contributed by atoms with Gasteiger partial charge in [0.25, 0.3) is 11.3 Å². The monoisotopic (exact) mass is 526 g/mol. The Balaban J connectivity index is 1.45. The number of fused-ring (bicyclic) bond motifs is 2. The summed E-state index contributed by atoms with van der Waals surface area (Å²) < 4.78 is 60.9. The number of nitrogens with zero attached hydrogens (tertiary/aromatic N) is 5. The standard InChI is InChI=1S/C25H18F4N6O3/c1-38-15-11-19-23(32-12-15)18(6-7-30-19)31-8-9-35-22(36)5-4-21(33-35)34-13-17(24(37)25(27,28)29)16-3-2-14(26)10-20(16)34/h2-7,10-13H,8-9H2,1H3,(H,30,31). The Labute approximate surface area is 211 Å². The Kier molecular flexibility index (Phi) is 6.27. The molecule has 13 heteroatoms. The highest BCUT2D eigenvalue weighted by Crippen LogP contribution is 2.30. The molecule has 0 aliphatic rings. The van der Waals surface area contributed by atoms with Crippen LogP contribution in [0.5, 0.6) is 5.75 Å². The maximum Gasteiger partial charge on any atom is 0.454 e. The lowest BCUT2D eigenvalue weighted by Crippen LogP contribution is -2.26. The zero-order chi connectivity index (χ0) is 27.0. The Morgan fingerprint density at radius 3 is 2.68 bits per heavy atom. The zero-order valence-electron chi connectivity index (χ0n) is 19.7. The van der Waals surface area contributed by atoms with Crippen molar-refractivity contribution in [3.05, 3.63) is 82.8 Å². The minimum atomic E-state index is -5.12. The lowest BCUT2D eigenvalue weighted by molar-refractivity contribution is -0.0884. The van der Waals surface area contributed by atoms with Crippen LogP contribution in [0, 0.1) is 5.82 Å². The molecular weight excluding hydrogens is 508 g/mol. The van der Waals surface area contributed by atoms with Crippen LogP contribution in [0.3, 0.4) is 0 Å². The summed E-state index contributed by atoms with van der Waals surface area (Å²) in [6.07, 6.45) is -1.04. The molecule has 0 amide bonds. The number of ether oxygens (including phenoxy) is 1. The number of carbonyl (C=O) groups excluding carboxylic acids is 1. The van der Waals surface area contributed by atoms with Crippen LogP contribution < -0.4 is 15.6 Å². The van der Waals surface area contributed by atoms with Crippen LogP contribution in [0.15, 0.2) is 65.8 Å². The third kappa shape index (κ3) is 4.65. The van der Waals surface area contributed by atoms with Crippen LogP contribution >= 0.6 is 0 Å². The number of pyridine rings is 2. The number of alkyl halides is 3. The first-order chi connectivity index (χ1) is 18.2. The fourth-order valence-corrected chi connectivity index (χ4v) is 4.01. The molecular formula is C25H18F4N6O3. The van der Waals surface area contributed by atoms with E-state index < -0.39 is 28.9 Å². The number of ketones is 1. The van der Waals surface area contributed by atoms with E-state index >= 15 is 0 Å². The van der Waals surface area contributed by atoms with Crippen molar-refractivity contribution in [3.63, 3.8) is 0 Å². The molecule has 0 aliphatic carbocycles. The Morgan fingerprint density at radius 2 is 1.92 bits per heavy atom. The van der Waals surface area contributed by atoms with Crippen LogP contribution in [0.4, 0.5) is 23.2 Å². The summed E-state index contributed by atoms with van der Waals surface area (Å²) in [5.41, 5.74) is 0.726. The number of aromatic nitrogens is 5. The van der Waals surface area contributed by atoms with E-state index in [4.69, 9.17) is 4.74 Å². The van der Waals surface area contributed by atoms with E-state index in [0.29, 0.717) is 22.5 Å². The average Bonchev–Trinajstić information content (AvgIpc) is 3.26. The summed E-state index contributed by atoms with van der Waals surface area (Å²) in [4.78, 5) is 33.1. The maximum atomic E-state index is 14.0. The van der Waals surface area contributed by atoms with Crippen molar-refractivity contribution < 1.29 is 27.1 Å². The summed E-state index contributed by atoms with van der Waals surface area (Å²) in [6, 6.07) is 8.98. The maximum absolute atomic E-state index is 14.0. The van der Waals surface area contributed by atoms with Gasteiger partial charge in [0.2, 0.25) is 0 Å². The minimum Gasteiger partial charge on any atom is -0.495 e. The van der Waals surface area contributed by atoms with Crippen LogP contribution in [0.1, 0.15) is 10.4 Å². The SMILES string of the molecule is COc1cnc2c(NCCn3nc(-n4cc(C(=O)C(F)(F)F)c5ccc(F)cc54)ccc3=O)ccnc2c1. The van der Waals surface area contributed by atoms with Gasteiger partial charge in [0.15, 0.2) is 5.82 Å². The van der Waals surface area contributed by atoms with Gasteiger partial charge in [-0.3, -0.25) is 19.1 Å². The van der Waals surface area contributed by atoms with Crippen molar-refractivity contribution in [1.82, 2.24) is 24.3 Å². The first-order valence-electron chi connectivity index (χ1n) is 11.2. The molecule has 0 fully saturated rings. The Hall–Kier alpha value is -4.81. The van der Waals surface area contributed by atoms with Crippen molar-refractivity contribution in [1.29, 1.82) is 0 Å². The Bertz CT molecular complexity index is 1750. The molecule has 4 aromatic heterocycles. The predicted octanol–water partition coefficient (Wildman–Crippen LogP) is 4.14. The summed E-state index contributed by atoms with van der Waals surface area (Å²) in [5.74, 6) is -2.20. The summed E-state index contributed by atoms with van der Waals surface area (Å²) in [7, 11) is 1.52. The molecule has 0 atom stereocenters. The lowest BCUT2D eigenvalue weighted by Gasteiger charge is -2.11. The molecule has 1 N–H and O–H groups in total. The summed E-state index contributed by atoms with van der Waals surface area (Å²) in [5, 5.41) is 7.31. The van der Waals surface area contributed by atoms with Crippen molar-refractivity contribution >= 4 is 33.4 Å². The van der Waals surface area contributed by atoms with Gasteiger partial charge in [0.05, 0.1) is 42.1 Å². The van der Waals surface area contributed by atoms with E-state index in [-0.39, 0.29) is 29.8 Å². The molecule has 0 bridgehead atoms. The van der Waals surface area contributed by atoms with Gasteiger partial charge in [-0.05, 0) is 30.3 Å². The third-order valence-corrected chi connectivity index (χ3v) is 5.80. The largest absolute Gasteiger partial charge is 0.495 e. The van der Waals surface area contributed by atoms with Gasteiger partial charge in [0, 0.05) is 36.5 Å². The number of hydrogen-bond donors (Lipinski definition) is 1. The van der Waals surface area contributed by atoms with Crippen LogP contribution in [-0.4, -0.2) is 49.9 Å². The fraction of sp³-hybridized carbons (Fsp3) is 0.160. The van der Waals surface area contributed by atoms with E-state index in [0.717, 1.165) is 33.6 Å². The van der Waals surface area contributed by atoms with Gasteiger partial charge in [-0.15, -0.1) is 0 Å². The summed E-state index contributed by atoms with van der Waals surface area (Å²) in [6.45, 7) is 0.316. The van der Waals surface area contributed by atoms with Gasteiger partial charge in [-0.2, -0.15) is 18.3 Å². The molecule has 0 spiro atoms. The molecule has 0 saturated heterocycles. The van der Waals surface area contributed by atoms with E-state index in [9.17, 15) is 27.2 Å². The number of benzene rings is 1. The normalized spacial score (nSPS) is 11.7. The third-order valence-electron chi connectivity index (χ3n) is 5.80. The summed E-state index contributed by atoms with van der Waals surface area (Å²) >= 11 is 0. The van der Waals surface area contributed by atoms with Gasteiger partial charge in [0.1, 0.15) is 17.1 Å². The molecule has 38 heavy (non-hydrogen) atoms. The van der Waals surface area contributed by atoms with Crippen molar-refractivity contribution in [2.45, 2.75) is 12.7 Å². The molecule has 5 rings (SSSR count). The minimum absolute atomic E-state index is 0.00168. The second-order valence-corrected chi connectivity index (χ2v) is 8.18. The number of anilines is 1. The number of Topliss-reactive ketones (excluding diaryl/α,β-unsaturated/α-hetero) is 1. The van der Waals surface area contributed by atoms with Crippen LogP contribution in [0.25, 0.3) is 27.8 Å². The molecule has 0 radical (unpaired) electrons. The number of carbonyl (C=O) groups is 1. The Morgan fingerprint density at radius 1 is 1.11 bits per heavy atom. The van der Waals surface area contributed by atoms with E-state index in [2.05, 4.69) is 20.4 Å². The second-order valence-electron chi connectivity index (χ2n) is 8.18. The van der Waals surface area contributed by atoms with Crippen LogP contribution in [-0.2, 0) is 6.54 Å². The molecule has 0 aliphatic heterocycles. The zero-order valence-corrected chi connectivity index (χ0v) is 19.7. The van der Waals surface area contributed by atoms with Gasteiger partial charge < -0.3 is 10.1 Å². The molecule has 0 saturated carbocycles. The first kappa shape index (κ1) is 24.9. The van der Waals surface area contributed by atoms with Crippen molar-refractivity contribution in [2.24, 2.45) is 0 Å². The molecule has 0 unspecified atom stereocenters. The molecule has 5 aromatic rings. The fourth-order valence-electron chi connectivity index (χ4n) is 4.01. The van der Waals surface area contributed by atoms with Gasteiger partial charge in [-0.1, -0.05) is 0 Å². The van der Waals surface area contributed by atoms with E-state index in [1.165, 1.54) is 19.2 Å². The quantitative estimate of drug-likeness (QED) is 0.251. The molecule has 1 aromatic carbocycles. The first-order valence-corrected chi connectivity index (χ1v) is 11.2. The number of halogens is 4. The van der Waals surface area contributed by atoms with Gasteiger partial charge >= 0.3 is 6.18 Å². The average molecular weight is 526 g/mol. The number of methoxy groups -OCH3 is 1. The highest BCUT2D eigenvalue weighted by Gasteiger charge is 2.41.